The van der Waals surface area contributed by atoms with Gasteiger partial charge in [-0.05, 0) is 19.8 Å². The van der Waals surface area contributed by atoms with Crippen molar-refractivity contribution in [2.75, 3.05) is 0 Å². The van der Waals surface area contributed by atoms with Crippen LogP contribution in [-0.2, 0) is 4.79 Å². The molecule has 0 bridgehead atoms. The van der Waals surface area contributed by atoms with E-state index >= 15 is 0 Å². The lowest BCUT2D eigenvalue weighted by atomic mass is 10.1. The van der Waals surface area contributed by atoms with Crippen molar-refractivity contribution in [1.82, 2.24) is 10.2 Å². The van der Waals surface area contributed by atoms with Gasteiger partial charge in [0.05, 0.1) is 0 Å². The number of urea groups is 1. The van der Waals surface area contributed by atoms with E-state index < -0.39 is 0 Å². The fourth-order valence-corrected chi connectivity index (χ4v) is 2.34. The molecule has 14 heavy (non-hydrogen) atoms. The number of amides is 3. The highest BCUT2D eigenvalue weighted by Crippen LogP contribution is 2.25. The van der Waals surface area contributed by atoms with Gasteiger partial charge in [0.2, 0.25) is 5.91 Å². The molecule has 1 heterocycles. The van der Waals surface area contributed by atoms with Crippen LogP contribution in [0.25, 0.3) is 0 Å². The summed E-state index contributed by atoms with van der Waals surface area (Å²) in [5.41, 5.74) is 0. The Bertz CT molecular complexity index is 241. The number of carbonyl (C=O) groups excluding carboxylic acids is 2. The Balaban J connectivity index is 2.08. The molecule has 0 spiro atoms. The van der Waals surface area contributed by atoms with Crippen molar-refractivity contribution in [2.24, 2.45) is 0 Å². The molecule has 0 radical (unpaired) electrons. The van der Waals surface area contributed by atoms with Crippen LogP contribution in [0.4, 0.5) is 4.79 Å². The molecule has 3 amide bonds. The fourth-order valence-electron chi connectivity index (χ4n) is 2.34. The van der Waals surface area contributed by atoms with Gasteiger partial charge in [0.1, 0.15) is 0 Å². The Kier molecular flexibility index (Phi) is 2.44. The maximum atomic E-state index is 11.7. The molecule has 78 valence electrons. The smallest absolute Gasteiger partial charge is 0.324 e. The van der Waals surface area contributed by atoms with Gasteiger partial charge in [-0.15, -0.1) is 0 Å². The molecule has 1 aliphatic heterocycles. The first-order valence-corrected chi connectivity index (χ1v) is 5.31. The molecule has 0 aromatic carbocycles. The van der Waals surface area contributed by atoms with Gasteiger partial charge in [-0.2, -0.15) is 0 Å². The van der Waals surface area contributed by atoms with E-state index in [0.29, 0.717) is 6.42 Å². The van der Waals surface area contributed by atoms with Gasteiger partial charge in [0.15, 0.2) is 0 Å². The number of imide groups is 1. The van der Waals surface area contributed by atoms with Crippen LogP contribution >= 0.6 is 0 Å². The largest absolute Gasteiger partial charge is 0.335 e. The Morgan fingerprint density at radius 2 is 1.93 bits per heavy atom. The van der Waals surface area contributed by atoms with Gasteiger partial charge in [-0.1, -0.05) is 12.8 Å². The predicted molar refractivity (Wildman–Crippen MR) is 51.7 cm³/mol. The average Bonchev–Trinajstić information content (AvgIpc) is 2.54. The van der Waals surface area contributed by atoms with Crippen LogP contribution in [0.5, 0.6) is 0 Å². The van der Waals surface area contributed by atoms with Gasteiger partial charge < -0.3 is 5.32 Å². The first kappa shape index (κ1) is 9.49. The highest BCUT2D eigenvalue weighted by atomic mass is 16.2. The van der Waals surface area contributed by atoms with E-state index in [9.17, 15) is 9.59 Å². The summed E-state index contributed by atoms with van der Waals surface area (Å²) in [6.45, 7) is 1.86. The standard InChI is InChI=1S/C10H16N2O2/c1-7-6-9(13)12(10(14)11-7)8-4-2-3-5-8/h7-8H,2-6H2,1H3,(H,11,14). The highest BCUT2D eigenvalue weighted by Gasteiger charge is 2.36. The van der Waals surface area contributed by atoms with Gasteiger partial charge in [-0.3, -0.25) is 9.69 Å². The monoisotopic (exact) mass is 196 g/mol. The van der Waals surface area contributed by atoms with Gasteiger partial charge in [-0.25, -0.2) is 4.79 Å². The van der Waals surface area contributed by atoms with Crippen LogP contribution in [0.3, 0.4) is 0 Å². The summed E-state index contributed by atoms with van der Waals surface area (Å²) in [7, 11) is 0. The third-order valence-electron chi connectivity index (χ3n) is 3.03. The van der Waals surface area contributed by atoms with Crippen molar-refractivity contribution in [1.29, 1.82) is 0 Å². The molecule has 2 aliphatic rings. The Labute approximate surface area is 83.6 Å². The second kappa shape index (κ2) is 3.59. The Hall–Kier alpha value is -1.06. The van der Waals surface area contributed by atoms with Gasteiger partial charge in [0.25, 0.3) is 0 Å². The van der Waals surface area contributed by atoms with E-state index in [1.807, 2.05) is 6.92 Å². The molecule has 1 N–H and O–H groups in total. The highest BCUT2D eigenvalue weighted by molar-refractivity contribution is 5.97. The molecule has 4 nitrogen and oxygen atoms in total. The average molecular weight is 196 g/mol. The summed E-state index contributed by atoms with van der Waals surface area (Å²) < 4.78 is 0. The summed E-state index contributed by atoms with van der Waals surface area (Å²) in [5.74, 6) is -0.00634. The van der Waals surface area contributed by atoms with Crippen LogP contribution in [0.1, 0.15) is 39.0 Å². The summed E-state index contributed by atoms with van der Waals surface area (Å²) in [4.78, 5) is 24.7. The normalized spacial score (nSPS) is 29.5. The maximum Gasteiger partial charge on any atom is 0.324 e. The lowest BCUT2D eigenvalue weighted by molar-refractivity contribution is -0.131. The van der Waals surface area contributed by atoms with Crippen LogP contribution in [-0.4, -0.2) is 28.9 Å². The van der Waals surface area contributed by atoms with Gasteiger partial charge >= 0.3 is 6.03 Å². The minimum absolute atomic E-state index is 0.00634. The zero-order valence-corrected chi connectivity index (χ0v) is 8.45. The number of nitrogens with zero attached hydrogens (tertiary/aromatic N) is 1. The molecule has 0 aromatic rings. The number of nitrogens with one attached hydrogen (secondary N) is 1. The first-order valence-electron chi connectivity index (χ1n) is 5.31. The van der Waals surface area contributed by atoms with Crippen molar-refractivity contribution < 1.29 is 9.59 Å². The van der Waals surface area contributed by atoms with Crippen molar-refractivity contribution in [3.63, 3.8) is 0 Å². The van der Waals surface area contributed by atoms with Crippen LogP contribution in [0.2, 0.25) is 0 Å². The zero-order chi connectivity index (χ0) is 10.1. The van der Waals surface area contributed by atoms with Crippen LogP contribution < -0.4 is 5.32 Å². The number of hydrogen-bond acceptors (Lipinski definition) is 2. The van der Waals surface area contributed by atoms with Crippen molar-refractivity contribution in [3.05, 3.63) is 0 Å². The maximum absolute atomic E-state index is 11.7. The predicted octanol–water partition coefficient (Wildman–Crippen LogP) is 1.26. The van der Waals surface area contributed by atoms with Crippen molar-refractivity contribution >= 4 is 11.9 Å². The molecule has 0 aromatic heterocycles. The molecule has 2 fully saturated rings. The summed E-state index contributed by atoms with van der Waals surface area (Å²) >= 11 is 0. The molecule has 4 heteroatoms. The lowest BCUT2D eigenvalue weighted by Gasteiger charge is -2.33. The number of carbonyl (C=O) groups is 2. The summed E-state index contributed by atoms with van der Waals surface area (Å²) in [6.07, 6.45) is 4.68. The second-order valence-electron chi connectivity index (χ2n) is 4.26. The van der Waals surface area contributed by atoms with Crippen molar-refractivity contribution in [3.8, 4) is 0 Å². The summed E-state index contributed by atoms with van der Waals surface area (Å²) in [5, 5.41) is 2.80. The lowest BCUT2D eigenvalue weighted by Crippen LogP contribution is -2.56. The molecule has 1 saturated carbocycles. The van der Waals surface area contributed by atoms with Crippen LogP contribution in [0, 0.1) is 0 Å². The fraction of sp³-hybridized carbons (Fsp3) is 0.800. The first-order chi connectivity index (χ1) is 6.68. The minimum Gasteiger partial charge on any atom is -0.335 e. The topological polar surface area (TPSA) is 49.4 Å². The molecule has 1 unspecified atom stereocenters. The molecule has 1 aliphatic carbocycles. The second-order valence-corrected chi connectivity index (χ2v) is 4.26. The number of hydrogen-bond donors (Lipinski definition) is 1. The molecular formula is C10H16N2O2. The Morgan fingerprint density at radius 3 is 2.50 bits per heavy atom. The molecule has 1 saturated heterocycles. The number of rotatable bonds is 1. The molecular weight excluding hydrogens is 180 g/mol. The van der Waals surface area contributed by atoms with E-state index in [0.717, 1.165) is 25.7 Å². The SMILES string of the molecule is CC1CC(=O)N(C2CCCC2)C(=O)N1. The Morgan fingerprint density at radius 1 is 1.29 bits per heavy atom. The van der Waals surface area contributed by atoms with E-state index in [-0.39, 0.29) is 24.0 Å². The van der Waals surface area contributed by atoms with E-state index in [2.05, 4.69) is 5.32 Å². The van der Waals surface area contributed by atoms with E-state index in [1.54, 1.807) is 0 Å². The van der Waals surface area contributed by atoms with E-state index in [1.165, 1.54) is 4.90 Å². The quantitative estimate of drug-likeness (QED) is 0.686. The minimum atomic E-state index is -0.194. The van der Waals surface area contributed by atoms with Gasteiger partial charge in [0, 0.05) is 18.5 Å². The van der Waals surface area contributed by atoms with Crippen molar-refractivity contribution in [2.45, 2.75) is 51.1 Å². The summed E-state index contributed by atoms with van der Waals surface area (Å²) in [6, 6.07) is -0.0386. The third-order valence-corrected chi connectivity index (χ3v) is 3.03. The third kappa shape index (κ3) is 1.61. The molecule has 2 rings (SSSR count). The zero-order valence-electron chi connectivity index (χ0n) is 8.45. The van der Waals surface area contributed by atoms with E-state index in [4.69, 9.17) is 0 Å². The van der Waals surface area contributed by atoms with Crippen LogP contribution in [0.15, 0.2) is 0 Å². The molecule has 1 atom stereocenters.